The second-order valence-electron chi connectivity index (χ2n) is 7.02. The quantitative estimate of drug-likeness (QED) is 0.535. The van der Waals surface area contributed by atoms with Crippen LogP contribution in [0.1, 0.15) is 37.7 Å². The van der Waals surface area contributed by atoms with Gasteiger partial charge in [0.15, 0.2) is 0 Å². The number of anilines is 3. The van der Waals surface area contributed by atoms with E-state index in [0.29, 0.717) is 5.95 Å². The first-order valence-corrected chi connectivity index (χ1v) is 9.32. The van der Waals surface area contributed by atoms with Gasteiger partial charge < -0.3 is 16.0 Å². The highest BCUT2D eigenvalue weighted by Gasteiger charge is 2.22. The molecular formula is C19H27N7O. The van der Waals surface area contributed by atoms with E-state index in [1.165, 1.54) is 6.08 Å². The Kier molecular flexibility index (Phi) is 6.05. The number of carbonyl (C=O) groups excluding carboxylic acids is 1. The summed E-state index contributed by atoms with van der Waals surface area (Å²) >= 11 is 0. The number of carbonyl (C=O) groups is 1. The van der Waals surface area contributed by atoms with Crippen LogP contribution in [-0.4, -0.2) is 37.7 Å². The lowest BCUT2D eigenvalue weighted by Crippen LogP contribution is -2.37. The third-order valence-electron chi connectivity index (χ3n) is 4.73. The molecular weight excluding hydrogens is 342 g/mol. The Morgan fingerprint density at radius 2 is 2.07 bits per heavy atom. The first kappa shape index (κ1) is 18.9. The summed E-state index contributed by atoms with van der Waals surface area (Å²) < 4.78 is 1.72. The number of amides is 1. The molecule has 0 radical (unpaired) electrons. The molecule has 2 aromatic rings. The average Bonchev–Trinajstić information content (AvgIpc) is 2.92. The highest BCUT2D eigenvalue weighted by Crippen LogP contribution is 2.23. The maximum atomic E-state index is 11.6. The molecule has 2 atom stereocenters. The second kappa shape index (κ2) is 8.66. The van der Waals surface area contributed by atoms with Gasteiger partial charge in [-0.1, -0.05) is 19.4 Å². The fourth-order valence-electron chi connectivity index (χ4n) is 3.34. The summed E-state index contributed by atoms with van der Waals surface area (Å²) in [5.74, 6) is 1.24. The summed E-state index contributed by atoms with van der Waals surface area (Å²) in [6.45, 7) is 5.53. The lowest BCUT2D eigenvalue weighted by Gasteiger charge is -2.23. The van der Waals surface area contributed by atoms with Crippen molar-refractivity contribution in [1.82, 2.24) is 25.1 Å². The van der Waals surface area contributed by atoms with Crippen LogP contribution in [0.3, 0.4) is 0 Å². The van der Waals surface area contributed by atoms with Crippen molar-refractivity contribution in [3.05, 3.63) is 36.8 Å². The van der Waals surface area contributed by atoms with Crippen LogP contribution in [0.4, 0.5) is 17.5 Å². The minimum absolute atomic E-state index is 0.109. The van der Waals surface area contributed by atoms with Crippen molar-refractivity contribution in [2.45, 2.75) is 51.1 Å². The maximum absolute atomic E-state index is 11.6. The summed E-state index contributed by atoms with van der Waals surface area (Å²) in [4.78, 5) is 20.6. The van der Waals surface area contributed by atoms with Crippen molar-refractivity contribution >= 4 is 23.4 Å². The van der Waals surface area contributed by atoms with Gasteiger partial charge in [0.2, 0.25) is 11.9 Å². The van der Waals surface area contributed by atoms with Crippen LogP contribution in [0.5, 0.6) is 0 Å². The summed E-state index contributed by atoms with van der Waals surface area (Å²) in [7, 11) is 1.86. The van der Waals surface area contributed by atoms with Crippen LogP contribution in [0.15, 0.2) is 31.2 Å². The lowest BCUT2D eigenvalue weighted by atomic mass is 10.1. The van der Waals surface area contributed by atoms with Crippen molar-refractivity contribution in [3.8, 4) is 0 Å². The van der Waals surface area contributed by atoms with Crippen molar-refractivity contribution in [1.29, 1.82) is 0 Å². The van der Waals surface area contributed by atoms with Gasteiger partial charge in [-0.3, -0.25) is 9.48 Å². The van der Waals surface area contributed by atoms with E-state index in [-0.39, 0.29) is 18.0 Å². The van der Waals surface area contributed by atoms with E-state index in [1.54, 1.807) is 10.9 Å². The first-order valence-electron chi connectivity index (χ1n) is 9.32. The van der Waals surface area contributed by atoms with Crippen LogP contribution in [-0.2, 0) is 11.8 Å². The Morgan fingerprint density at radius 3 is 2.78 bits per heavy atom. The summed E-state index contributed by atoms with van der Waals surface area (Å²) in [5.41, 5.74) is 1.83. The van der Waals surface area contributed by atoms with Crippen molar-refractivity contribution in [2.75, 3.05) is 10.6 Å². The van der Waals surface area contributed by atoms with Crippen LogP contribution in [0.25, 0.3) is 0 Å². The van der Waals surface area contributed by atoms with Crippen LogP contribution < -0.4 is 16.0 Å². The molecule has 27 heavy (non-hydrogen) atoms. The van der Waals surface area contributed by atoms with E-state index in [1.807, 2.05) is 26.4 Å². The molecule has 1 amide bonds. The SMILES string of the molecule is C=CC(=O)NC1CCCC[C@@H](Nc2nc(Nc3cnn(C)c3)ncc2C)C1. The highest BCUT2D eigenvalue weighted by atomic mass is 16.1. The van der Waals surface area contributed by atoms with Gasteiger partial charge in [-0.15, -0.1) is 0 Å². The van der Waals surface area contributed by atoms with Crippen molar-refractivity contribution < 1.29 is 4.79 Å². The maximum Gasteiger partial charge on any atom is 0.243 e. The Hall–Kier alpha value is -2.90. The molecule has 1 fully saturated rings. The van der Waals surface area contributed by atoms with Gasteiger partial charge in [0.25, 0.3) is 0 Å². The zero-order chi connectivity index (χ0) is 19.2. The van der Waals surface area contributed by atoms with Gasteiger partial charge in [0, 0.05) is 37.1 Å². The number of aryl methyl sites for hydroxylation is 2. The average molecular weight is 369 g/mol. The molecule has 0 spiro atoms. The monoisotopic (exact) mass is 369 g/mol. The number of hydrogen-bond donors (Lipinski definition) is 3. The van der Waals surface area contributed by atoms with Crippen LogP contribution in [0.2, 0.25) is 0 Å². The van der Waals surface area contributed by atoms with Gasteiger partial charge in [-0.2, -0.15) is 10.1 Å². The predicted octanol–water partition coefficient (Wildman–Crippen LogP) is 2.68. The molecule has 0 bridgehead atoms. The number of rotatable bonds is 6. The lowest BCUT2D eigenvalue weighted by molar-refractivity contribution is -0.117. The van der Waals surface area contributed by atoms with E-state index < -0.39 is 0 Å². The third-order valence-corrected chi connectivity index (χ3v) is 4.73. The minimum Gasteiger partial charge on any atom is -0.367 e. The van der Waals surface area contributed by atoms with E-state index in [4.69, 9.17) is 0 Å². The molecule has 1 aliphatic rings. The molecule has 0 aliphatic heterocycles. The normalized spacial score (nSPS) is 19.8. The zero-order valence-corrected chi connectivity index (χ0v) is 15.9. The Morgan fingerprint density at radius 1 is 1.30 bits per heavy atom. The van der Waals surface area contributed by atoms with Crippen molar-refractivity contribution in [2.24, 2.45) is 7.05 Å². The van der Waals surface area contributed by atoms with E-state index in [0.717, 1.165) is 49.2 Å². The van der Waals surface area contributed by atoms with E-state index in [9.17, 15) is 4.79 Å². The Balaban J connectivity index is 1.68. The first-order chi connectivity index (χ1) is 13.0. The molecule has 8 nitrogen and oxygen atoms in total. The minimum atomic E-state index is -0.109. The second-order valence-corrected chi connectivity index (χ2v) is 7.02. The van der Waals surface area contributed by atoms with Gasteiger partial charge in [-0.05, 0) is 32.3 Å². The smallest absolute Gasteiger partial charge is 0.243 e. The summed E-state index contributed by atoms with van der Waals surface area (Å²) in [5, 5.41) is 13.9. The molecule has 1 saturated carbocycles. The molecule has 3 N–H and O–H groups in total. The van der Waals surface area contributed by atoms with E-state index >= 15 is 0 Å². The molecule has 0 saturated heterocycles. The molecule has 1 aliphatic carbocycles. The highest BCUT2D eigenvalue weighted by molar-refractivity contribution is 5.87. The van der Waals surface area contributed by atoms with Crippen LogP contribution >= 0.6 is 0 Å². The molecule has 144 valence electrons. The van der Waals surface area contributed by atoms with Crippen molar-refractivity contribution in [3.63, 3.8) is 0 Å². The van der Waals surface area contributed by atoms with Gasteiger partial charge >= 0.3 is 0 Å². The topological polar surface area (TPSA) is 96.8 Å². The molecule has 3 rings (SSSR count). The van der Waals surface area contributed by atoms with E-state index in [2.05, 4.69) is 37.6 Å². The van der Waals surface area contributed by atoms with Crippen LogP contribution in [0, 0.1) is 6.92 Å². The zero-order valence-electron chi connectivity index (χ0n) is 15.9. The fraction of sp³-hybridized carbons (Fsp3) is 0.474. The molecule has 1 unspecified atom stereocenters. The molecule has 2 heterocycles. The molecule has 2 aromatic heterocycles. The molecule has 8 heteroatoms. The standard InChI is InChI=1S/C19H27N7O/c1-4-17(27)22-14-7-5-6-8-15(9-14)23-18-13(2)10-20-19(25-18)24-16-11-21-26(3)12-16/h4,10-12,14-15H,1,5-9H2,2-3H3,(H,22,27)(H2,20,23,24,25)/t14?,15-/m1/s1. The Bertz CT molecular complexity index is 801. The number of nitrogens with one attached hydrogen (secondary N) is 3. The Labute approximate surface area is 159 Å². The number of nitrogens with zero attached hydrogens (tertiary/aromatic N) is 4. The summed E-state index contributed by atoms with van der Waals surface area (Å²) in [6.07, 6.45) is 11.9. The number of hydrogen-bond acceptors (Lipinski definition) is 6. The van der Waals surface area contributed by atoms with Gasteiger partial charge in [0.1, 0.15) is 5.82 Å². The van der Waals surface area contributed by atoms with Gasteiger partial charge in [0.05, 0.1) is 11.9 Å². The number of aromatic nitrogens is 4. The fourth-order valence-corrected chi connectivity index (χ4v) is 3.34. The molecule has 0 aromatic carbocycles. The third kappa shape index (κ3) is 5.29. The predicted molar refractivity (Wildman–Crippen MR) is 106 cm³/mol. The summed E-state index contributed by atoms with van der Waals surface area (Å²) in [6, 6.07) is 0.410. The largest absolute Gasteiger partial charge is 0.367 e. The van der Waals surface area contributed by atoms with Gasteiger partial charge in [-0.25, -0.2) is 4.98 Å².